The first-order valence-electron chi connectivity index (χ1n) is 5.72. The van der Waals surface area contributed by atoms with Crippen molar-refractivity contribution in [3.63, 3.8) is 0 Å². The Morgan fingerprint density at radius 1 is 1.42 bits per heavy atom. The third-order valence-corrected chi connectivity index (χ3v) is 3.35. The largest absolute Gasteiger partial charge is 0.437 e. The summed E-state index contributed by atoms with van der Waals surface area (Å²) in [6.07, 6.45) is 0. The van der Waals surface area contributed by atoms with Gasteiger partial charge in [-0.2, -0.15) is 5.10 Å². The summed E-state index contributed by atoms with van der Waals surface area (Å²) < 4.78 is 8.27. The maximum absolute atomic E-state index is 7.62. The van der Waals surface area contributed by atoms with Crippen LogP contribution in [0.15, 0.2) is 22.7 Å². The molecule has 5 nitrogen and oxygen atoms in total. The normalized spacial score (nSPS) is 10.5. The van der Waals surface area contributed by atoms with Gasteiger partial charge in [-0.05, 0) is 47.5 Å². The van der Waals surface area contributed by atoms with E-state index in [1.807, 2.05) is 25.1 Å². The summed E-state index contributed by atoms with van der Waals surface area (Å²) in [6, 6.07) is 5.79. The van der Waals surface area contributed by atoms with Gasteiger partial charge in [0.2, 0.25) is 5.88 Å². The van der Waals surface area contributed by atoms with Crippen molar-refractivity contribution in [1.29, 1.82) is 5.41 Å². The number of aryl methyl sites for hydroxylation is 3. The fraction of sp³-hybridized carbons (Fsp3) is 0.231. The van der Waals surface area contributed by atoms with Crippen molar-refractivity contribution >= 4 is 21.8 Å². The summed E-state index contributed by atoms with van der Waals surface area (Å²) in [5, 5.41) is 11.8. The summed E-state index contributed by atoms with van der Waals surface area (Å²) in [4.78, 5) is 0. The number of rotatable bonds is 3. The Morgan fingerprint density at radius 3 is 2.68 bits per heavy atom. The van der Waals surface area contributed by atoms with Gasteiger partial charge in [-0.1, -0.05) is 6.07 Å². The van der Waals surface area contributed by atoms with Gasteiger partial charge < -0.3 is 10.5 Å². The lowest BCUT2D eigenvalue weighted by atomic mass is 10.2. The molecule has 0 saturated heterocycles. The Balaban J connectivity index is 2.46. The first kappa shape index (κ1) is 13.6. The molecule has 0 aliphatic carbocycles. The SMILES string of the molecule is Cc1ccc(Oc2c(C(=N)N)c(C)nn2C)c(Br)c1. The van der Waals surface area contributed by atoms with E-state index < -0.39 is 0 Å². The van der Waals surface area contributed by atoms with Crippen molar-refractivity contribution in [2.24, 2.45) is 12.8 Å². The van der Waals surface area contributed by atoms with Crippen molar-refractivity contribution in [1.82, 2.24) is 9.78 Å². The number of hydrogen-bond donors (Lipinski definition) is 2. The highest BCUT2D eigenvalue weighted by atomic mass is 79.9. The van der Waals surface area contributed by atoms with Crippen LogP contribution >= 0.6 is 15.9 Å². The number of benzene rings is 1. The molecule has 100 valence electrons. The van der Waals surface area contributed by atoms with Crippen molar-refractivity contribution < 1.29 is 4.74 Å². The lowest BCUT2D eigenvalue weighted by molar-refractivity contribution is 0.427. The van der Waals surface area contributed by atoms with Crippen LogP contribution in [0.3, 0.4) is 0 Å². The van der Waals surface area contributed by atoms with E-state index in [0.717, 1.165) is 10.0 Å². The molecule has 0 radical (unpaired) electrons. The van der Waals surface area contributed by atoms with Gasteiger partial charge in [0.05, 0.1) is 10.2 Å². The first-order valence-corrected chi connectivity index (χ1v) is 6.51. The Morgan fingerprint density at radius 2 is 2.11 bits per heavy atom. The van der Waals surface area contributed by atoms with Gasteiger partial charge in [0, 0.05) is 7.05 Å². The Kier molecular flexibility index (Phi) is 3.61. The molecule has 1 aromatic carbocycles. The molecular weight excluding hydrogens is 308 g/mol. The standard InChI is InChI=1S/C13H15BrN4O/c1-7-4-5-10(9(14)6-7)19-13-11(12(15)16)8(2)17-18(13)3/h4-6H,1-3H3,(H3,15,16). The number of ether oxygens (including phenoxy) is 1. The van der Waals surface area contributed by atoms with Crippen LogP contribution in [0.25, 0.3) is 0 Å². The van der Waals surface area contributed by atoms with E-state index in [4.69, 9.17) is 15.9 Å². The van der Waals surface area contributed by atoms with Gasteiger partial charge in [-0.15, -0.1) is 0 Å². The number of amidine groups is 1. The summed E-state index contributed by atoms with van der Waals surface area (Å²) in [5.74, 6) is 1.08. The lowest BCUT2D eigenvalue weighted by Crippen LogP contribution is -2.13. The second kappa shape index (κ2) is 5.05. The van der Waals surface area contributed by atoms with E-state index in [2.05, 4.69) is 21.0 Å². The molecule has 0 aliphatic rings. The Bertz CT molecular complexity index is 648. The van der Waals surface area contributed by atoms with E-state index >= 15 is 0 Å². The van der Waals surface area contributed by atoms with Gasteiger partial charge >= 0.3 is 0 Å². The zero-order valence-corrected chi connectivity index (χ0v) is 12.6. The number of nitrogens with two attached hydrogens (primary N) is 1. The minimum absolute atomic E-state index is 0.0520. The molecular formula is C13H15BrN4O. The maximum atomic E-state index is 7.62. The number of nitrogen functional groups attached to an aromatic ring is 1. The average Bonchev–Trinajstić information content (AvgIpc) is 2.57. The molecule has 0 unspecified atom stereocenters. The topological polar surface area (TPSA) is 76.9 Å². The predicted molar refractivity (Wildman–Crippen MR) is 77.9 cm³/mol. The molecule has 0 saturated carbocycles. The van der Waals surface area contributed by atoms with Gasteiger partial charge in [-0.25, -0.2) is 4.68 Å². The molecule has 3 N–H and O–H groups in total. The molecule has 0 bridgehead atoms. The molecule has 0 spiro atoms. The summed E-state index contributed by atoms with van der Waals surface area (Å²) >= 11 is 3.46. The zero-order valence-electron chi connectivity index (χ0n) is 11.0. The highest BCUT2D eigenvalue weighted by Gasteiger charge is 2.18. The van der Waals surface area contributed by atoms with Crippen molar-refractivity contribution in [2.45, 2.75) is 13.8 Å². The smallest absolute Gasteiger partial charge is 0.228 e. The van der Waals surface area contributed by atoms with E-state index in [1.165, 1.54) is 0 Å². The van der Waals surface area contributed by atoms with Crippen LogP contribution in [0.5, 0.6) is 11.6 Å². The molecule has 2 rings (SSSR count). The third-order valence-electron chi connectivity index (χ3n) is 2.73. The molecule has 0 fully saturated rings. The second-order valence-electron chi connectivity index (χ2n) is 4.34. The van der Waals surface area contributed by atoms with Crippen LogP contribution in [0, 0.1) is 19.3 Å². The number of nitrogens with one attached hydrogen (secondary N) is 1. The highest BCUT2D eigenvalue weighted by molar-refractivity contribution is 9.10. The summed E-state index contributed by atoms with van der Waals surface area (Å²) in [7, 11) is 1.76. The van der Waals surface area contributed by atoms with Crippen LogP contribution in [0.4, 0.5) is 0 Å². The molecule has 1 heterocycles. The lowest BCUT2D eigenvalue weighted by Gasteiger charge is -2.10. The average molecular weight is 323 g/mol. The fourth-order valence-corrected chi connectivity index (χ4v) is 2.43. The third kappa shape index (κ3) is 2.63. The number of nitrogens with zero attached hydrogens (tertiary/aromatic N) is 2. The molecule has 0 amide bonds. The molecule has 6 heteroatoms. The van der Waals surface area contributed by atoms with Crippen LogP contribution < -0.4 is 10.5 Å². The first-order chi connectivity index (χ1) is 8.90. The van der Waals surface area contributed by atoms with E-state index in [-0.39, 0.29) is 5.84 Å². The molecule has 1 aromatic heterocycles. The second-order valence-corrected chi connectivity index (χ2v) is 5.19. The minimum atomic E-state index is -0.0520. The molecule has 2 aromatic rings. The van der Waals surface area contributed by atoms with Gasteiger partial charge in [-0.3, -0.25) is 5.41 Å². The number of halogens is 1. The van der Waals surface area contributed by atoms with Crippen LogP contribution in [-0.2, 0) is 7.05 Å². The van der Waals surface area contributed by atoms with Gasteiger partial charge in [0.1, 0.15) is 17.1 Å². The van der Waals surface area contributed by atoms with E-state index in [1.54, 1.807) is 18.7 Å². The maximum Gasteiger partial charge on any atom is 0.228 e. The van der Waals surface area contributed by atoms with Crippen LogP contribution in [-0.4, -0.2) is 15.6 Å². The van der Waals surface area contributed by atoms with Gasteiger partial charge in [0.25, 0.3) is 0 Å². The van der Waals surface area contributed by atoms with Crippen molar-refractivity contribution in [3.8, 4) is 11.6 Å². The Labute approximate surface area is 120 Å². The fourth-order valence-electron chi connectivity index (χ4n) is 1.86. The van der Waals surface area contributed by atoms with E-state index in [0.29, 0.717) is 22.9 Å². The van der Waals surface area contributed by atoms with Crippen molar-refractivity contribution in [3.05, 3.63) is 39.5 Å². The monoisotopic (exact) mass is 322 g/mol. The van der Waals surface area contributed by atoms with Crippen LogP contribution in [0.1, 0.15) is 16.8 Å². The van der Waals surface area contributed by atoms with Crippen molar-refractivity contribution in [2.75, 3.05) is 0 Å². The molecule has 19 heavy (non-hydrogen) atoms. The number of aromatic nitrogens is 2. The summed E-state index contributed by atoms with van der Waals surface area (Å²) in [5.41, 5.74) is 7.91. The highest BCUT2D eigenvalue weighted by Crippen LogP contribution is 2.32. The molecule has 0 aliphatic heterocycles. The van der Waals surface area contributed by atoms with E-state index in [9.17, 15) is 0 Å². The number of hydrogen-bond acceptors (Lipinski definition) is 3. The zero-order chi connectivity index (χ0) is 14.2. The van der Waals surface area contributed by atoms with Gasteiger partial charge in [0.15, 0.2) is 0 Å². The Hall–Kier alpha value is -1.82. The minimum Gasteiger partial charge on any atom is -0.437 e. The van der Waals surface area contributed by atoms with Crippen LogP contribution in [0.2, 0.25) is 0 Å². The predicted octanol–water partition coefficient (Wildman–Crippen LogP) is 2.88. The quantitative estimate of drug-likeness (QED) is 0.673. The summed E-state index contributed by atoms with van der Waals surface area (Å²) in [6.45, 7) is 3.80. The molecule has 0 atom stereocenters.